The summed E-state index contributed by atoms with van der Waals surface area (Å²) in [4.78, 5) is 19.5. The number of carbonyl (C=O) groups is 1. The van der Waals surface area contributed by atoms with Gasteiger partial charge in [-0.2, -0.15) is 0 Å². The fourth-order valence-electron chi connectivity index (χ4n) is 2.75. The Morgan fingerprint density at radius 3 is 3.14 bits per heavy atom. The average Bonchev–Trinajstić information content (AvgIpc) is 2.98. The van der Waals surface area contributed by atoms with Crippen molar-refractivity contribution < 1.29 is 14.6 Å². The molecule has 3 rings (SSSR count). The molecular formula is C14H17N3O3S. The number of hydrogen-bond donors (Lipinski definition) is 1. The number of aromatic nitrogens is 3. The normalized spacial score (nSPS) is 25.5. The molecule has 6 nitrogen and oxygen atoms in total. The lowest BCUT2D eigenvalue weighted by atomic mass is 9.94. The van der Waals surface area contributed by atoms with Gasteiger partial charge >= 0.3 is 5.97 Å². The van der Waals surface area contributed by atoms with Crippen molar-refractivity contribution in [1.29, 1.82) is 0 Å². The predicted octanol–water partition coefficient (Wildman–Crippen LogP) is 2.13. The second-order valence-corrected chi connectivity index (χ2v) is 6.34. The highest BCUT2D eigenvalue weighted by atomic mass is 32.2. The number of thioether (sulfide) groups is 1. The van der Waals surface area contributed by atoms with E-state index in [-0.39, 0.29) is 17.4 Å². The second kappa shape index (κ2) is 5.31. The number of carboxylic acids is 1. The van der Waals surface area contributed by atoms with E-state index < -0.39 is 5.97 Å². The van der Waals surface area contributed by atoms with E-state index in [1.54, 1.807) is 12.4 Å². The Morgan fingerprint density at radius 1 is 1.67 bits per heavy atom. The molecule has 0 bridgehead atoms. The van der Waals surface area contributed by atoms with Crippen LogP contribution in [-0.2, 0) is 15.1 Å². The number of imidazole rings is 1. The Hall–Kier alpha value is -1.60. The first-order chi connectivity index (χ1) is 10.0. The molecular weight excluding hydrogens is 290 g/mol. The lowest BCUT2D eigenvalue weighted by Gasteiger charge is -2.31. The largest absolute Gasteiger partial charge is 0.481 e. The molecule has 7 heteroatoms. The van der Waals surface area contributed by atoms with Gasteiger partial charge in [0.05, 0.1) is 29.1 Å². The van der Waals surface area contributed by atoms with Gasteiger partial charge in [-0.1, -0.05) is 11.8 Å². The van der Waals surface area contributed by atoms with E-state index >= 15 is 0 Å². The standard InChI is InChI=1S/C14H17N3O3S/c1-9-14(2,4-6-20-9)17-11-3-5-15-7-10(11)16-13(17)21-8-12(18)19/h3,5,7,9H,4,6,8H2,1-2H3,(H,18,19). The van der Waals surface area contributed by atoms with E-state index in [0.717, 1.165) is 17.5 Å². The molecule has 0 saturated carbocycles. The van der Waals surface area contributed by atoms with Crippen molar-refractivity contribution in [1.82, 2.24) is 14.5 Å². The topological polar surface area (TPSA) is 77.2 Å². The van der Waals surface area contributed by atoms with Crippen LogP contribution in [0.3, 0.4) is 0 Å². The highest BCUT2D eigenvalue weighted by Gasteiger charge is 2.41. The molecule has 0 aliphatic carbocycles. The zero-order valence-electron chi connectivity index (χ0n) is 11.9. The maximum Gasteiger partial charge on any atom is 0.313 e. The molecule has 0 spiro atoms. The summed E-state index contributed by atoms with van der Waals surface area (Å²) in [5.41, 5.74) is 1.53. The molecule has 2 aromatic rings. The predicted molar refractivity (Wildman–Crippen MR) is 79.6 cm³/mol. The molecule has 1 aliphatic heterocycles. The van der Waals surface area contributed by atoms with Crippen LogP contribution in [0.1, 0.15) is 20.3 Å². The summed E-state index contributed by atoms with van der Waals surface area (Å²) in [5.74, 6) is -0.861. The van der Waals surface area contributed by atoms with Crippen molar-refractivity contribution in [2.24, 2.45) is 0 Å². The van der Waals surface area contributed by atoms with E-state index in [2.05, 4.69) is 21.5 Å². The van der Waals surface area contributed by atoms with E-state index in [0.29, 0.717) is 11.8 Å². The van der Waals surface area contributed by atoms with Crippen molar-refractivity contribution >= 4 is 28.8 Å². The van der Waals surface area contributed by atoms with Crippen LogP contribution in [0.2, 0.25) is 0 Å². The minimum absolute atomic E-state index is 0.0118. The molecule has 1 fully saturated rings. The first kappa shape index (κ1) is 14.3. The van der Waals surface area contributed by atoms with Gasteiger partial charge in [-0.3, -0.25) is 9.78 Å². The van der Waals surface area contributed by atoms with Crippen molar-refractivity contribution in [3.63, 3.8) is 0 Å². The van der Waals surface area contributed by atoms with Gasteiger partial charge in [-0.05, 0) is 26.3 Å². The molecule has 2 atom stereocenters. The minimum Gasteiger partial charge on any atom is -0.481 e. The summed E-state index contributed by atoms with van der Waals surface area (Å²) in [7, 11) is 0. The van der Waals surface area contributed by atoms with Gasteiger partial charge in [0.25, 0.3) is 0 Å². The van der Waals surface area contributed by atoms with E-state index in [9.17, 15) is 4.79 Å². The second-order valence-electron chi connectivity index (χ2n) is 5.40. The number of pyridine rings is 1. The van der Waals surface area contributed by atoms with Crippen molar-refractivity contribution in [3.05, 3.63) is 18.5 Å². The first-order valence-electron chi connectivity index (χ1n) is 6.81. The lowest BCUT2D eigenvalue weighted by Crippen LogP contribution is -2.37. The van der Waals surface area contributed by atoms with Crippen LogP contribution in [0, 0.1) is 0 Å². The molecule has 2 unspecified atom stereocenters. The van der Waals surface area contributed by atoms with Crippen LogP contribution >= 0.6 is 11.8 Å². The highest BCUT2D eigenvalue weighted by molar-refractivity contribution is 7.99. The third-order valence-corrected chi connectivity index (χ3v) is 5.04. The molecule has 112 valence electrons. The van der Waals surface area contributed by atoms with Gasteiger partial charge in [-0.25, -0.2) is 4.98 Å². The number of carboxylic acid groups (broad SMARTS) is 1. The summed E-state index contributed by atoms with van der Waals surface area (Å²) >= 11 is 1.24. The van der Waals surface area contributed by atoms with Crippen molar-refractivity contribution in [2.45, 2.75) is 37.1 Å². The SMILES string of the molecule is CC1OCCC1(C)n1c(SCC(=O)O)nc2cnccc21. The molecule has 3 heterocycles. The maximum atomic E-state index is 10.9. The summed E-state index contributed by atoms with van der Waals surface area (Å²) in [6.45, 7) is 4.88. The number of aliphatic carboxylic acids is 1. The quantitative estimate of drug-likeness (QED) is 0.872. The molecule has 0 radical (unpaired) electrons. The monoisotopic (exact) mass is 307 g/mol. The summed E-state index contributed by atoms with van der Waals surface area (Å²) in [6, 6.07) is 1.92. The van der Waals surface area contributed by atoms with E-state index in [1.165, 1.54) is 11.8 Å². The maximum absolute atomic E-state index is 10.9. The summed E-state index contributed by atoms with van der Waals surface area (Å²) in [6.07, 6.45) is 4.37. The molecule has 1 saturated heterocycles. The first-order valence-corrected chi connectivity index (χ1v) is 7.80. The van der Waals surface area contributed by atoms with E-state index in [1.807, 2.05) is 13.0 Å². The smallest absolute Gasteiger partial charge is 0.313 e. The van der Waals surface area contributed by atoms with Crippen LogP contribution in [0.5, 0.6) is 0 Å². The molecule has 0 amide bonds. The highest BCUT2D eigenvalue weighted by Crippen LogP contribution is 2.39. The van der Waals surface area contributed by atoms with Crippen molar-refractivity contribution in [2.75, 3.05) is 12.4 Å². The zero-order chi connectivity index (χ0) is 15.0. The van der Waals surface area contributed by atoms with E-state index in [4.69, 9.17) is 9.84 Å². The fourth-order valence-corrected chi connectivity index (χ4v) is 3.60. The number of fused-ring (bicyclic) bond motifs is 1. The van der Waals surface area contributed by atoms with Gasteiger partial charge < -0.3 is 14.4 Å². The molecule has 1 aliphatic rings. The van der Waals surface area contributed by atoms with Crippen LogP contribution in [0.25, 0.3) is 11.0 Å². The molecule has 1 N–H and O–H groups in total. The Kier molecular flexibility index (Phi) is 3.62. The molecule has 2 aromatic heterocycles. The number of nitrogens with zero attached hydrogens (tertiary/aromatic N) is 3. The van der Waals surface area contributed by atoms with Gasteiger partial charge in [0.15, 0.2) is 5.16 Å². The Morgan fingerprint density at radius 2 is 2.48 bits per heavy atom. The number of ether oxygens (including phenoxy) is 1. The average molecular weight is 307 g/mol. The third-order valence-electron chi connectivity index (χ3n) is 4.11. The van der Waals surface area contributed by atoms with Gasteiger partial charge in [-0.15, -0.1) is 0 Å². The Bertz CT molecular complexity index is 687. The summed E-state index contributed by atoms with van der Waals surface area (Å²) < 4.78 is 7.85. The Labute approximate surface area is 126 Å². The zero-order valence-corrected chi connectivity index (χ0v) is 12.8. The minimum atomic E-state index is -0.849. The van der Waals surface area contributed by atoms with Gasteiger partial charge in [0.2, 0.25) is 0 Å². The number of hydrogen-bond acceptors (Lipinski definition) is 5. The van der Waals surface area contributed by atoms with Crippen LogP contribution in [0.15, 0.2) is 23.6 Å². The van der Waals surface area contributed by atoms with Crippen LogP contribution in [0.4, 0.5) is 0 Å². The lowest BCUT2D eigenvalue weighted by molar-refractivity contribution is -0.133. The Balaban J connectivity index is 2.13. The summed E-state index contributed by atoms with van der Waals surface area (Å²) in [5, 5.41) is 9.64. The van der Waals surface area contributed by atoms with Gasteiger partial charge in [0, 0.05) is 12.8 Å². The molecule has 21 heavy (non-hydrogen) atoms. The third kappa shape index (κ3) is 2.40. The van der Waals surface area contributed by atoms with Crippen molar-refractivity contribution in [3.8, 4) is 0 Å². The van der Waals surface area contributed by atoms with Crippen LogP contribution < -0.4 is 0 Å². The van der Waals surface area contributed by atoms with Gasteiger partial charge in [0.1, 0.15) is 5.52 Å². The van der Waals surface area contributed by atoms with Crippen LogP contribution in [-0.4, -0.2) is 44.1 Å². The molecule has 0 aromatic carbocycles. The number of rotatable bonds is 4. The fraction of sp³-hybridized carbons (Fsp3) is 0.500.